The van der Waals surface area contributed by atoms with E-state index < -0.39 is 11.9 Å². The Balaban J connectivity index is 2.55. The van der Waals surface area contributed by atoms with Crippen LogP contribution in [0.15, 0.2) is 0 Å². The summed E-state index contributed by atoms with van der Waals surface area (Å²) in [6.07, 6.45) is 0.874. The highest BCUT2D eigenvalue weighted by atomic mass is 16.2. The van der Waals surface area contributed by atoms with E-state index in [1.807, 2.05) is 6.92 Å². The minimum absolute atomic E-state index is 0.206. The molecule has 1 atom stereocenters. The highest BCUT2D eigenvalue weighted by Crippen LogP contribution is 2.02. The molecule has 6 nitrogen and oxygen atoms in total. The van der Waals surface area contributed by atoms with Crippen molar-refractivity contribution in [1.29, 1.82) is 0 Å². The molecule has 0 aromatic carbocycles. The fourth-order valence-electron chi connectivity index (χ4n) is 1.54. The lowest BCUT2D eigenvalue weighted by molar-refractivity contribution is -0.122. The summed E-state index contributed by atoms with van der Waals surface area (Å²) in [7, 11) is 0. The summed E-state index contributed by atoms with van der Waals surface area (Å²) in [5.41, 5.74) is 5.22. The van der Waals surface area contributed by atoms with Crippen LogP contribution in [0.5, 0.6) is 0 Å². The van der Waals surface area contributed by atoms with Gasteiger partial charge < -0.3 is 21.3 Å². The number of hydrogen-bond acceptors (Lipinski definition) is 3. The van der Waals surface area contributed by atoms with E-state index in [4.69, 9.17) is 5.73 Å². The van der Waals surface area contributed by atoms with Crippen molar-refractivity contribution in [2.75, 3.05) is 26.2 Å². The van der Waals surface area contributed by atoms with Gasteiger partial charge in [-0.1, -0.05) is 6.92 Å². The minimum Gasteiger partial charge on any atom is -0.368 e. The Labute approximate surface area is 89.2 Å². The first kappa shape index (κ1) is 11.8. The number of carbonyl (C=O) groups excluding carboxylic acids is 2. The number of carbonyl (C=O) groups is 2. The Kier molecular flexibility index (Phi) is 4.36. The quantitative estimate of drug-likeness (QED) is 0.555. The van der Waals surface area contributed by atoms with Gasteiger partial charge in [-0.3, -0.25) is 4.79 Å². The maximum atomic E-state index is 11.7. The summed E-state index contributed by atoms with van der Waals surface area (Å²) in [6, 6.07) is -0.738. The molecule has 6 heteroatoms. The first-order valence-corrected chi connectivity index (χ1v) is 5.21. The number of piperazine rings is 1. The summed E-state index contributed by atoms with van der Waals surface area (Å²) in [5, 5.41) is 5.77. The summed E-state index contributed by atoms with van der Waals surface area (Å²) in [6.45, 7) is 4.25. The fraction of sp³-hybridized carbons (Fsp3) is 0.778. The Morgan fingerprint density at radius 2 is 2.33 bits per heavy atom. The zero-order valence-electron chi connectivity index (χ0n) is 8.95. The van der Waals surface area contributed by atoms with Crippen LogP contribution < -0.4 is 16.4 Å². The van der Waals surface area contributed by atoms with Gasteiger partial charge in [0.05, 0.1) is 0 Å². The second kappa shape index (κ2) is 5.55. The van der Waals surface area contributed by atoms with E-state index in [9.17, 15) is 9.59 Å². The third-order valence-corrected chi connectivity index (χ3v) is 2.36. The van der Waals surface area contributed by atoms with Crippen molar-refractivity contribution in [2.24, 2.45) is 5.73 Å². The molecule has 4 N–H and O–H groups in total. The van der Waals surface area contributed by atoms with Crippen molar-refractivity contribution >= 4 is 11.9 Å². The van der Waals surface area contributed by atoms with Crippen molar-refractivity contribution in [2.45, 2.75) is 19.4 Å². The molecule has 0 bridgehead atoms. The Bertz CT molecular complexity index is 244. The Morgan fingerprint density at radius 1 is 1.60 bits per heavy atom. The van der Waals surface area contributed by atoms with Gasteiger partial charge >= 0.3 is 6.03 Å². The van der Waals surface area contributed by atoms with E-state index in [1.165, 1.54) is 4.90 Å². The first-order chi connectivity index (χ1) is 7.16. The molecule has 0 aliphatic carbocycles. The first-order valence-electron chi connectivity index (χ1n) is 5.21. The molecule has 1 saturated heterocycles. The van der Waals surface area contributed by atoms with Crippen LogP contribution in [0.3, 0.4) is 0 Å². The van der Waals surface area contributed by atoms with E-state index >= 15 is 0 Å². The fourth-order valence-corrected chi connectivity index (χ4v) is 1.54. The number of rotatable bonds is 3. The molecule has 1 aliphatic heterocycles. The van der Waals surface area contributed by atoms with Crippen LogP contribution in [0, 0.1) is 0 Å². The van der Waals surface area contributed by atoms with Crippen molar-refractivity contribution < 1.29 is 9.59 Å². The maximum Gasteiger partial charge on any atom is 0.318 e. The van der Waals surface area contributed by atoms with Gasteiger partial charge in [0, 0.05) is 26.2 Å². The van der Waals surface area contributed by atoms with Crippen LogP contribution >= 0.6 is 0 Å². The summed E-state index contributed by atoms with van der Waals surface area (Å²) in [5.74, 6) is -0.464. The molecule has 1 heterocycles. The van der Waals surface area contributed by atoms with Crippen molar-refractivity contribution in [3.05, 3.63) is 0 Å². The van der Waals surface area contributed by atoms with E-state index in [0.29, 0.717) is 26.2 Å². The second-order valence-electron chi connectivity index (χ2n) is 3.55. The molecule has 15 heavy (non-hydrogen) atoms. The predicted octanol–water partition coefficient (Wildman–Crippen LogP) is -1.13. The molecule has 0 saturated carbocycles. The van der Waals surface area contributed by atoms with E-state index in [-0.39, 0.29) is 6.03 Å². The highest BCUT2D eigenvalue weighted by molar-refractivity contribution is 5.86. The van der Waals surface area contributed by atoms with Crippen LogP contribution in [0.2, 0.25) is 0 Å². The number of primary amides is 1. The van der Waals surface area contributed by atoms with Crippen molar-refractivity contribution in [3.8, 4) is 0 Å². The maximum absolute atomic E-state index is 11.7. The lowest BCUT2D eigenvalue weighted by atomic mass is 10.2. The lowest BCUT2D eigenvalue weighted by Crippen LogP contribution is -2.60. The van der Waals surface area contributed by atoms with Gasteiger partial charge in [0.15, 0.2) is 0 Å². The molecular formula is C9H18N4O2. The van der Waals surface area contributed by atoms with Gasteiger partial charge in [-0.05, 0) is 6.42 Å². The summed E-state index contributed by atoms with van der Waals surface area (Å²) in [4.78, 5) is 24.2. The minimum atomic E-state index is -0.532. The Morgan fingerprint density at radius 3 is 2.93 bits per heavy atom. The molecule has 0 spiro atoms. The zero-order valence-corrected chi connectivity index (χ0v) is 8.95. The molecule has 86 valence electrons. The van der Waals surface area contributed by atoms with Gasteiger partial charge in [0.2, 0.25) is 5.91 Å². The van der Waals surface area contributed by atoms with E-state index in [2.05, 4.69) is 10.6 Å². The molecule has 1 aliphatic rings. The van der Waals surface area contributed by atoms with E-state index in [1.54, 1.807) is 0 Å². The van der Waals surface area contributed by atoms with Gasteiger partial charge in [-0.15, -0.1) is 0 Å². The van der Waals surface area contributed by atoms with E-state index in [0.717, 1.165) is 6.42 Å². The van der Waals surface area contributed by atoms with Gasteiger partial charge in [-0.2, -0.15) is 0 Å². The average molecular weight is 214 g/mol. The monoisotopic (exact) mass is 214 g/mol. The van der Waals surface area contributed by atoms with Crippen LogP contribution in [0.4, 0.5) is 4.79 Å². The van der Waals surface area contributed by atoms with Crippen LogP contribution in [-0.4, -0.2) is 49.1 Å². The van der Waals surface area contributed by atoms with Gasteiger partial charge in [0.25, 0.3) is 0 Å². The number of nitrogens with one attached hydrogen (secondary N) is 2. The van der Waals surface area contributed by atoms with Gasteiger partial charge in [-0.25, -0.2) is 4.79 Å². The number of hydrogen-bond donors (Lipinski definition) is 3. The molecule has 0 radical (unpaired) electrons. The average Bonchev–Trinajstić information content (AvgIpc) is 2.25. The van der Waals surface area contributed by atoms with Crippen LogP contribution in [0.1, 0.15) is 13.3 Å². The normalized spacial score (nSPS) is 21.1. The Hall–Kier alpha value is -1.30. The zero-order chi connectivity index (χ0) is 11.3. The standard InChI is InChI=1S/C9H18N4O2/c1-2-3-12-9(15)13-5-4-11-6-7(13)8(10)14/h7,11H,2-6H2,1H3,(H2,10,14)(H,12,15). The molecule has 0 aromatic rings. The molecule has 0 aromatic heterocycles. The molecule has 1 rings (SSSR count). The molecular weight excluding hydrogens is 196 g/mol. The molecule has 1 unspecified atom stereocenters. The summed E-state index contributed by atoms with van der Waals surface area (Å²) >= 11 is 0. The molecule has 3 amide bonds. The third kappa shape index (κ3) is 3.09. The number of nitrogens with zero attached hydrogens (tertiary/aromatic N) is 1. The predicted molar refractivity (Wildman–Crippen MR) is 56.2 cm³/mol. The second-order valence-corrected chi connectivity index (χ2v) is 3.55. The van der Waals surface area contributed by atoms with Crippen LogP contribution in [0.25, 0.3) is 0 Å². The third-order valence-electron chi connectivity index (χ3n) is 2.36. The summed E-state index contributed by atoms with van der Waals surface area (Å²) < 4.78 is 0. The topological polar surface area (TPSA) is 87.5 Å². The van der Waals surface area contributed by atoms with Crippen molar-refractivity contribution in [1.82, 2.24) is 15.5 Å². The smallest absolute Gasteiger partial charge is 0.318 e. The van der Waals surface area contributed by atoms with Crippen LogP contribution in [-0.2, 0) is 4.79 Å². The number of urea groups is 1. The van der Waals surface area contributed by atoms with Gasteiger partial charge in [0.1, 0.15) is 6.04 Å². The SMILES string of the molecule is CCCNC(=O)N1CCNCC1C(N)=O. The largest absolute Gasteiger partial charge is 0.368 e. The number of nitrogens with two attached hydrogens (primary N) is 1. The lowest BCUT2D eigenvalue weighted by Gasteiger charge is -2.34. The number of amides is 3. The van der Waals surface area contributed by atoms with Crippen molar-refractivity contribution in [3.63, 3.8) is 0 Å². The molecule has 1 fully saturated rings. The highest BCUT2D eigenvalue weighted by Gasteiger charge is 2.30.